The van der Waals surface area contributed by atoms with Gasteiger partial charge in [0.1, 0.15) is 0 Å². The maximum atomic E-state index is 13.2. The van der Waals surface area contributed by atoms with Crippen LogP contribution in [0.2, 0.25) is 0 Å². The Labute approximate surface area is 162 Å². The number of hydrogen-bond donors (Lipinski definition) is 3. The first kappa shape index (κ1) is 19.7. The van der Waals surface area contributed by atoms with Crippen LogP contribution in [0.5, 0.6) is 0 Å². The molecule has 0 saturated heterocycles. The number of rotatable bonds is 7. The minimum Gasteiger partial charge on any atom is -0.395 e. The van der Waals surface area contributed by atoms with Crippen molar-refractivity contribution in [2.45, 2.75) is 6.92 Å². The number of carbonyl (C=O) groups excluding carboxylic acids is 3. The van der Waals surface area contributed by atoms with E-state index in [9.17, 15) is 24.6 Å². The van der Waals surface area contributed by atoms with Crippen LogP contribution < -0.4 is 5.32 Å². The molecular formula is C21H22N2O5. The van der Waals surface area contributed by atoms with Crippen LogP contribution in [0.3, 0.4) is 0 Å². The van der Waals surface area contributed by atoms with Gasteiger partial charge in [0, 0.05) is 36.3 Å². The summed E-state index contributed by atoms with van der Waals surface area (Å²) in [6, 6.07) is 9.60. The fourth-order valence-electron chi connectivity index (χ4n) is 3.42. The van der Waals surface area contributed by atoms with E-state index in [2.05, 4.69) is 5.32 Å². The molecule has 0 radical (unpaired) electrons. The third kappa shape index (κ3) is 3.30. The van der Waals surface area contributed by atoms with Crippen LogP contribution in [0.15, 0.2) is 36.4 Å². The number of anilines is 1. The summed E-state index contributed by atoms with van der Waals surface area (Å²) in [5.41, 5.74) is 1.46. The zero-order valence-electron chi connectivity index (χ0n) is 15.6. The largest absolute Gasteiger partial charge is 0.395 e. The Balaban J connectivity index is 2.18. The number of fused-ring (bicyclic) bond motifs is 2. The highest BCUT2D eigenvalue weighted by Gasteiger charge is 2.34. The van der Waals surface area contributed by atoms with Gasteiger partial charge in [-0.15, -0.1) is 0 Å². The minimum absolute atomic E-state index is 0.117. The molecule has 0 saturated carbocycles. The molecule has 0 aromatic heterocycles. The molecule has 7 nitrogen and oxygen atoms in total. The number of aliphatic hydroxyl groups excluding tert-OH is 2. The number of likely N-dealkylation sites (N-methyl/N-ethyl adjacent to an activating group) is 1. The molecule has 1 amide bonds. The van der Waals surface area contributed by atoms with Gasteiger partial charge in [0.15, 0.2) is 11.6 Å². The molecule has 0 heterocycles. The maximum absolute atomic E-state index is 13.2. The Morgan fingerprint density at radius 1 is 0.964 bits per heavy atom. The highest BCUT2D eigenvalue weighted by atomic mass is 16.3. The van der Waals surface area contributed by atoms with Crippen molar-refractivity contribution in [2.24, 2.45) is 0 Å². The van der Waals surface area contributed by atoms with Crippen molar-refractivity contribution in [2.75, 3.05) is 38.2 Å². The molecule has 7 heteroatoms. The summed E-state index contributed by atoms with van der Waals surface area (Å²) < 4.78 is 0. The number of carbonyl (C=O) groups is 3. The van der Waals surface area contributed by atoms with Gasteiger partial charge in [0.25, 0.3) is 5.91 Å². The molecule has 3 N–H and O–H groups in total. The van der Waals surface area contributed by atoms with Crippen molar-refractivity contribution < 1.29 is 24.6 Å². The van der Waals surface area contributed by atoms with E-state index in [4.69, 9.17) is 0 Å². The molecule has 0 aliphatic heterocycles. The Bertz CT molecular complexity index is 938. The minimum atomic E-state index is -0.362. The average molecular weight is 382 g/mol. The summed E-state index contributed by atoms with van der Waals surface area (Å²) in [4.78, 5) is 40.5. The molecule has 28 heavy (non-hydrogen) atoms. The zero-order chi connectivity index (χ0) is 20.3. The number of hydrogen-bond acceptors (Lipinski definition) is 6. The zero-order valence-corrected chi connectivity index (χ0v) is 15.6. The van der Waals surface area contributed by atoms with Crippen LogP contribution in [-0.4, -0.2) is 65.4 Å². The number of benzene rings is 2. The van der Waals surface area contributed by atoms with Gasteiger partial charge in [-0.3, -0.25) is 14.4 Å². The highest BCUT2D eigenvalue weighted by molar-refractivity contribution is 6.31. The Morgan fingerprint density at radius 2 is 1.64 bits per heavy atom. The third-order valence-corrected chi connectivity index (χ3v) is 4.78. The van der Waals surface area contributed by atoms with Crippen LogP contribution in [-0.2, 0) is 0 Å². The van der Waals surface area contributed by atoms with Gasteiger partial charge in [0.2, 0.25) is 0 Å². The summed E-state index contributed by atoms with van der Waals surface area (Å²) in [6.45, 7) is 2.05. The molecule has 1 aliphatic carbocycles. The molecule has 3 rings (SSSR count). The average Bonchev–Trinajstić information content (AvgIpc) is 2.73. The lowest BCUT2D eigenvalue weighted by molar-refractivity contribution is 0.0732. The van der Waals surface area contributed by atoms with Crippen LogP contribution >= 0.6 is 0 Å². The Hall–Kier alpha value is -3.03. The van der Waals surface area contributed by atoms with Crippen molar-refractivity contribution in [3.63, 3.8) is 0 Å². The van der Waals surface area contributed by atoms with E-state index in [0.717, 1.165) is 0 Å². The maximum Gasteiger partial charge on any atom is 0.256 e. The van der Waals surface area contributed by atoms with E-state index >= 15 is 0 Å². The van der Waals surface area contributed by atoms with E-state index in [1.165, 1.54) is 17.0 Å². The van der Waals surface area contributed by atoms with Crippen molar-refractivity contribution in [1.29, 1.82) is 0 Å². The second-order valence-corrected chi connectivity index (χ2v) is 6.37. The van der Waals surface area contributed by atoms with E-state index in [1.54, 1.807) is 31.2 Å². The molecule has 1 aliphatic rings. The first-order chi connectivity index (χ1) is 13.5. The molecule has 0 fully saturated rings. The fraction of sp³-hybridized carbons (Fsp3) is 0.286. The predicted molar refractivity (Wildman–Crippen MR) is 104 cm³/mol. The first-order valence-corrected chi connectivity index (χ1v) is 9.15. The summed E-state index contributed by atoms with van der Waals surface area (Å²) in [6.07, 6.45) is 0. The van der Waals surface area contributed by atoms with E-state index in [0.29, 0.717) is 17.7 Å². The summed E-state index contributed by atoms with van der Waals surface area (Å²) in [7, 11) is 0. The van der Waals surface area contributed by atoms with Crippen LogP contribution in [0.1, 0.15) is 49.1 Å². The molecule has 2 aromatic carbocycles. The Morgan fingerprint density at radius 3 is 2.25 bits per heavy atom. The second kappa shape index (κ2) is 8.33. The molecule has 0 bridgehead atoms. The number of ketones is 2. The monoisotopic (exact) mass is 382 g/mol. The lowest BCUT2D eigenvalue weighted by Gasteiger charge is -2.25. The SMILES string of the molecule is CCN(CCO)C(=O)c1ccc2c(c1NCCO)C(=O)c1ccccc1C2=O. The van der Waals surface area contributed by atoms with Crippen LogP contribution in [0.4, 0.5) is 5.69 Å². The van der Waals surface area contributed by atoms with Gasteiger partial charge in [-0.2, -0.15) is 0 Å². The molecular weight excluding hydrogens is 360 g/mol. The van der Waals surface area contributed by atoms with Crippen molar-refractivity contribution in [3.8, 4) is 0 Å². The van der Waals surface area contributed by atoms with Crippen LogP contribution in [0, 0.1) is 0 Å². The smallest absolute Gasteiger partial charge is 0.256 e. The van der Waals surface area contributed by atoms with Gasteiger partial charge in [0.05, 0.1) is 30.0 Å². The van der Waals surface area contributed by atoms with Gasteiger partial charge in [-0.25, -0.2) is 0 Å². The molecule has 0 atom stereocenters. The van der Waals surface area contributed by atoms with Crippen molar-refractivity contribution >= 4 is 23.2 Å². The van der Waals surface area contributed by atoms with Gasteiger partial charge < -0.3 is 20.4 Å². The summed E-state index contributed by atoms with van der Waals surface area (Å²) >= 11 is 0. The summed E-state index contributed by atoms with van der Waals surface area (Å²) in [5.74, 6) is -0.983. The molecule has 0 unspecified atom stereocenters. The van der Waals surface area contributed by atoms with Gasteiger partial charge in [-0.05, 0) is 19.1 Å². The Kier molecular flexibility index (Phi) is 5.87. The van der Waals surface area contributed by atoms with E-state index in [-0.39, 0.29) is 66.2 Å². The molecule has 2 aromatic rings. The van der Waals surface area contributed by atoms with Crippen LogP contribution in [0.25, 0.3) is 0 Å². The predicted octanol–water partition coefficient (Wildman–Crippen LogP) is 1.32. The lowest BCUT2D eigenvalue weighted by atomic mass is 9.82. The number of nitrogens with zero attached hydrogens (tertiary/aromatic N) is 1. The lowest BCUT2D eigenvalue weighted by Crippen LogP contribution is -2.34. The van der Waals surface area contributed by atoms with Crippen molar-refractivity contribution in [1.82, 2.24) is 4.90 Å². The summed E-state index contributed by atoms with van der Waals surface area (Å²) in [5, 5.41) is 21.4. The standard InChI is InChI=1S/C21H22N2O5/c1-2-23(10-12-25)21(28)16-8-7-15-17(18(16)22-9-11-24)20(27)14-6-4-3-5-13(14)19(15)26/h3-8,22,24-25H,2,9-12H2,1H3. The van der Waals surface area contributed by atoms with Crippen molar-refractivity contribution in [3.05, 3.63) is 64.2 Å². The number of aliphatic hydroxyl groups is 2. The number of amides is 1. The normalized spacial score (nSPS) is 12.4. The van der Waals surface area contributed by atoms with Gasteiger partial charge >= 0.3 is 0 Å². The second-order valence-electron chi connectivity index (χ2n) is 6.37. The van der Waals surface area contributed by atoms with E-state index in [1.807, 2.05) is 0 Å². The van der Waals surface area contributed by atoms with E-state index < -0.39 is 0 Å². The topological polar surface area (TPSA) is 107 Å². The van der Waals surface area contributed by atoms with Gasteiger partial charge in [-0.1, -0.05) is 24.3 Å². The first-order valence-electron chi connectivity index (χ1n) is 9.15. The number of nitrogens with one attached hydrogen (secondary N) is 1. The fourth-order valence-corrected chi connectivity index (χ4v) is 3.42. The highest BCUT2D eigenvalue weighted by Crippen LogP contribution is 2.34. The third-order valence-electron chi connectivity index (χ3n) is 4.78. The quantitative estimate of drug-likeness (QED) is 0.569. The molecule has 0 spiro atoms. The molecule has 146 valence electrons.